The highest BCUT2D eigenvalue weighted by molar-refractivity contribution is 7.98. The molecule has 0 atom stereocenters. The maximum atomic E-state index is 4.43. The van der Waals surface area contributed by atoms with Crippen molar-refractivity contribution in [2.24, 2.45) is 0 Å². The Morgan fingerprint density at radius 2 is 2.00 bits per heavy atom. The fourth-order valence-electron chi connectivity index (χ4n) is 3.00. The first-order valence-electron chi connectivity index (χ1n) is 7.11. The molecule has 0 amide bonds. The van der Waals surface area contributed by atoms with Crippen LogP contribution in [0.25, 0.3) is 5.69 Å². The molecule has 1 aromatic carbocycles. The zero-order chi connectivity index (χ0) is 14.0. The van der Waals surface area contributed by atoms with Crippen LogP contribution in [0.1, 0.15) is 25.5 Å². The maximum Gasteiger partial charge on any atom is 0.0994 e. The molecule has 0 unspecified atom stereocenters. The fourth-order valence-corrected chi connectivity index (χ4v) is 3.59. The van der Waals surface area contributed by atoms with Gasteiger partial charge in [0.15, 0.2) is 0 Å². The summed E-state index contributed by atoms with van der Waals surface area (Å²) in [4.78, 5) is 5.72. The predicted octanol–water partition coefficient (Wildman–Crippen LogP) is 3.24. The van der Waals surface area contributed by atoms with E-state index in [4.69, 9.17) is 0 Å². The van der Waals surface area contributed by atoms with Gasteiger partial charge in [0.1, 0.15) is 0 Å². The summed E-state index contributed by atoms with van der Waals surface area (Å²) in [5, 5.41) is 3.45. The molecule has 4 heteroatoms. The number of para-hydroxylation sites is 1. The lowest BCUT2D eigenvalue weighted by Crippen LogP contribution is -2.38. The molecule has 1 saturated heterocycles. The summed E-state index contributed by atoms with van der Waals surface area (Å²) in [5.41, 5.74) is 2.79. The van der Waals surface area contributed by atoms with Gasteiger partial charge in [-0.15, -0.1) is 11.8 Å². The zero-order valence-corrected chi connectivity index (χ0v) is 12.9. The second kappa shape index (κ2) is 5.62. The topological polar surface area (TPSA) is 29.9 Å². The normalized spacial score (nSPS) is 18.1. The van der Waals surface area contributed by atoms with Crippen molar-refractivity contribution in [3.63, 3.8) is 0 Å². The Morgan fingerprint density at radius 3 is 2.75 bits per heavy atom. The second-order valence-electron chi connectivity index (χ2n) is 5.63. The van der Waals surface area contributed by atoms with E-state index in [9.17, 15) is 0 Å². The molecule has 1 aromatic heterocycles. The number of imidazole rings is 1. The lowest BCUT2D eigenvalue weighted by atomic mass is 9.78. The number of aromatic nitrogens is 2. The second-order valence-corrected chi connectivity index (χ2v) is 6.48. The Kier molecular flexibility index (Phi) is 3.85. The van der Waals surface area contributed by atoms with Crippen molar-refractivity contribution in [2.75, 3.05) is 19.3 Å². The van der Waals surface area contributed by atoms with Gasteiger partial charge in [-0.1, -0.05) is 19.1 Å². The molecule has 0 saturated carbocycles. The molecule has 2 heterocycles. The first-order chi connectivity index (χ1) is 9.74. The number of thioether (sulfide) groups is 1. The van der Waals surface area contributed by atoms with Crippen LogP contribution in [0.2, 0.25) is 0 Å². The van der Waals surface area contributed by atoms with E-state index in [0.717, 1.165) is 13.1 Å². The smallest absolute Gasteiger partial charge is 0.0994 e. The van der Waals surface area contributed by atoms with Crippen LogP contribution in [0.15, 0.2) is 41.7 Å². The molecule has 106 valence electrons. The quantitative estimate of drug-likeness (QED) is 0.879. The maximum absolute atomic E-state index is 4.43. The summed E-state index contributed by atoms with van der Waals surface area (Å²) in [5.74, 6) is 0. The number of piperidine rings is 1. The molecule has 3 rings (SSSR count). The lowest BCUT2D eigenvalue weighted by Gasteiger charge is -2.34. The largest absolute Gasteiger partial charge is 0.317 e. The third-order valence-corrected chi connectivity index (χ3v) is 5.09. The fraction of sp³-hybridized carbons (Fsp3) is 0.438. The highest BCUT2D eigenvalue weighted by Gasteiger charge is 2.32. The average Bonchev–Trinajstić information content (AvgIpc) is 2.98. The number of hydrogen-bond acceptors (Lipinski definition) is 3. The van der Waals surface area contributed by atoms with Crippen molar-refractivity contribution in [3.05, 3.63) is 42.5 Å². The van der Waals surface area contributed by atoms with Gasteiger partial charge in [0.25, 0.3) is 0 Å². The Labute approximate surface area is 124 Å². The van der Waals surface area contributed by atoms with Crippen LogP contribution in [0.5, 0.6) is 0 Å². The van der Waals surface area contributed by atoms with Gasteiger partial charge in [-0.3, -0.25) is 0 Å². The molecule has 0 spiro atoms. The minimum atomic E-state index is 0.216. The van der Waals surface area contributed by atoms with E-state index in [2.05, 4.69) is 52.3 Å². The van der Waals surface area contributed by atoms with Gasteiger partial charge in [-0.25, -0.2) is 4.98 Å². The molecule has 1 aliphatic rings. The van der Waals surface area contributed by atoms with Crippen molar-refractivity contribution in [2.45, 2.75) is 30.1 Å². The summed E-state index contributed by atoms with van der Waals surface area (Å²) in [7, 11) is 0. The van der Waals surface area contributed by atoms with Crippen LogP contribution >= 0.6 is 11.8 Å². The molecular weight excluding hydrogens is 266 g/mol. The summed E-state index contributed by atoms with van der Waals surface area (Å²) < 4.78 is 2.27. The standard InChI is InChI=1S/C16H21N3S/c1-16(7-9-17-10-8-16)15-11-18-12-19(15)13-5-3-4-6-14(13)20-2/h3-6,11-12,17H,7-10H2,1-2H3. The minimum absolute atomic E-state index is 0.216. The third-order valence-electron chi connectivity index (χ3n) is 4.31. The zero-order valence-electron chi connectivity index (χ0n) is 12.1. The van der Waals surface area contributed by atoms with Crippen LogP contribution < -0.4 is 5.32 Å². The van der Waals surface area contributed by atoms with E-state index in [1.807, 2.05) is 12.5 Å². The van der Waals surface area contributed by atoms with Gasteiger partial charge in [0, 0.05) is 22.2 Å². The van der Waals surface area contributed by atoms with Crippen LogP contribution in [-0.2, 0) is 5.41 Å². The van der Waals surface area contributed by atoms with Gasteiger partial charge >= 0.3 is 0 Å². The Bertz CT molecular complexity index is 585. The Hall–Kier alpha value is -1.26. The van der Waals surface area contributed by atoms with E-state index >= 15 is 0 Å². The number of rotatable bonds is 3. The van der Waals surface area contributed by atoms with Crippen molar-refractivity contribution in [1.29, 1.82) is 0 Å². The van der Waals surface area contributed by atoms with Crippen molar-refractivity contribution in [1.82, 2.24) is 14.9 Å². The van der Waals surface area contributed by atoms with E-state index in [1.54, 1.807) is 11.8 Å². The van der Waals surface area contributed by atoms with Crippen LogP contribution in [0.3, 0.4) is 0 Å². The number of benzene rings is 1. The highest BCUT2D eigenvalue weighted by atomic mass is 32.2. The number of nitrogens with one attached hydrogen (secondary N) is 1. The van der Waals surface area contributed by atoms with E-state index in [-0.39, 0.29) is 5.41 Å². The molecule has 20 heavy (non-hydrogen) atoms. The highest BCUT2D eigenvalue weighted by Crippen LogP contribution is 2.35. The van der Waals surface area contributed by atoms with Gasteiger partial charge in [0.05, 0.1) is 12.0 Å². The molecule has 0 bridgehead atoms. The average molecular weight is 287 g/mol. The van der Waals surface area contributed by atoms with Crippen LogP contribution in [0, 0.1) is 0 Å². The van der Waals surface area contributed by atoms with Gasteiger partial charge < -0.3 is 9.88 Å². The first kappa shape index (κ1) is 13.7. The lowest BCUT2D eigenvalue weighted by molar-refractivity contribution is 0.324. The SMILES string of the molecule is CSc1ccccc1-n1cncc1C1(C)CCNCC1. The van der Waals surface area contributed by atoms with Gasteiger partial charge in [0.2, 0.25) is 0 Å². The van der Waals surface area contributed by atoms with Gasteiger partial charge in [-0.2, -0.15) is 0 Å². The summed E-state index contributed by atoms with van der Waals surface area (Å²) in [6, 6.07) is 8.55. The third kappa shape index (κ3) is 2.38. The number of nitrogens with zero attached hydrogens (tertiary/aromatic N) is 2. The monoisotopic (exact) mass is 287 g/mol. The summed E-state index contributed by atoms with van der Waals surface area (Å²) in [6.07, 6.45) is 8.46. The summed E-state index contributed by atoms with van der Waals surface area (Å²) >= 11 is 1.79. The Morgan fingerprint density at radius 1 is 1.25 bits per heavy atom. The molecule has 2 aromatic rings. The molecular formula is C16H21N3S. The van der Waals surface area contributed by atoms with Crippen molar-refractivity contribution in [3.8, 4) is 5.69 Å². The molecule has 0 radical (unpaired) electrons. The van der Waals surface area contributed by atoms with Gasteiger partial charge in [-0.05, 0) is 44.3 Å². The summed E-state index contributed by atoms with van der Waals surface area (Å²) in [6.45, 7) is 4.54. The first-order valence-corrected chi connectivity index (χ1v) is 8.34. The van der Waals surface area contributed by atoms with E-state index in [1.165, 1.54) is 29.1 Å². The van der Waals surface area contributed by atoms with Crippen LogP contribution in [0.4, 0.5) is 0 Å². The van der Waals surface area contributed by atoms with Crippen molar-refractivity contribution >= 4 is 11.8 Å². The number of hydrogen-bond donors (Lipinski definition) is 1. The predicted molar refractivity (Wildman–Crippen MR) is 84.8 cm³/mol. The molecule has 1 fully saturated rings. The molecule has 1 aliphatic heterocycles. The van der Waals surface area contributed by atoms with E-state index < -0.39 is 0 Å². The molecule has 0 aliphatic carbocycles. The van der Waals surface area contributed by atoms with Crippen LogP contribution in [-0.4, -0.2) is 28.9 Å². The molecule has 1 N–H and O–H groups in total. The Balaban J connectivity index is 2.06. The molecule has 3 nitrogen and oxygen atoms in total. The van der Waals surface area contributed by atoms with E-state index in [0.29, 0.717) is 0 Å². The van der Waals surface area contributed by atoms with Crippen molar-refractivity contribution < 1.29 is 0 Å². The minimum Gasteiger partial charge on any atom is -0.317 e.